The normalized spacial score (nSPS) is 16.1. The molecule has 1 aliphatic rings. The summed E-state index contributed by atoms with van der Waals surface area (Å²) < 4.78 is 1.67. The largest absolute Gasteiger partial charge is 0.399 e. The molecule has 98 valence electrons. The number of aromatic nitrogens is 2. The number of nitrogens with one attached hydrogen (secondary N) is 1. The van der Waals surface area contributed by atoms with Crippen LogP contribution in [0.25, 0.3) is 5.69 Å². The van der Waals surface area contributed by atoms with Crippen molar-refractivity contribution in [2.45, 2.75) is 25.3 Å². The second-order valence-electron chi connectivity index (χ2n) is 5.25. The number of anilines is 1. The van der Waals surface area contributed by atoms with Crippen LogP contribution in [0, 0.1) is 0 Å². The summed E-state index contributed by atoms with van der Waals surface area (Å²) >= 11 is 0. The minimum atomic E-state index is -0.116. The van der Waals surface area contributed by atoms with Gasteiger partial charge in [-0.25, -0.2) is 4.68 Å². The molecule has 1 amide bonds. The fourth-order valence-electron chi connectivity index (χ4n) is 1.87. The minimum Gasteiger partial charge on any atom is -0.399 e. The maximum Gasteiger partial charge on any atom is 0.272 e. The fraction of sp³-hybridized carbons (Fsp3) is 0.286. The molecule has 0 spiro atoms. The van der Waals surface area contributed by atoms with E-state index in [2.05, 4.69) is 10.4 Å². The number of nitrogen functional groups attached to an aromatic ring is 1. The molecule has 1 fully saturated rings. The van der Waals surface area contributed by atoms with Gasteiger partial charge >= 0.3 is 0 Å². The molecular weight excluding hydrogens is 240 g/mol. The number of nitrogens with zero attached hydrogens (tertiary/aromatic N) is 2. The van der Waals surface area contributed by atoms with Gasteiger partial charge in [0, 0.05) is 17.4 Å². The summed E-state index contributed by atoms with van der Waals surface area (Å²) in [5, 5.41) is 7.27. The van der Waals surface area contributed by atoms with Crippen molar-refractivity contribution in [1.29, 1.82) is 0 Å². The molecule has 19 heavy (non-hydrogen) atoms. The number of amides is 1. The van der Waals surface area contributed by atoms with Crippen molar-refractivity contribution in [2.75, 3.05) is 5.73 Å². The molecule has 0 radical (unpaired) electrons. The Bertz CT molecular complexity index is 611. The molecule has 0 unspecified atom stereocenters. The SMILES string of the molecule is CC1(NC(=O)c2ccn(-c3ccc(N)cc3)n2)CC1. The van der Waals surface area contributed by atoms with Gasteiger partial charge in [-0.15, -0.1) is 0 Å². The Labute approximate surface area is 111 Å². The van der Waals surface area contributed by atoms with Crippen LogP contribution in [0.4, 0.5) is 5.69 Å². The Morgan fingerprint density at radius 3 is 2.63 bits per heavy atom. The lowest BCUT2D eigenvalue weighted by Gasteiger charge is -2.09. The van der Waals surface area contributed by atoms with Crippen molar-refractivity contribution < 1.29 is 4.79 Å². The molecule has 3 N–H and O–H groups in total. The zero-order chi connectivity index (χ0) is 13.5. The summed E-state index contributed by atoms with van der Waals surface area (Å²) in [5.74, 6) is -0.116. The van der Waals surface area contributed by atoms with Crippen molar-refractivity contribution in [3.8, 4) is 5.69 Å². The summed E-state index contributed by atoms with van der Waals surface area (Å²) in [4.78, 5) is 12.0. The maximum atomic E-state index is 12.0. The Balaban J connectivity index is 1.79. The maximum absolute atomic E-state index is 12.0. The van der Waals surface area contributed by atoms with Crippen LogP contribution in [0.15, 0.2) is 36.5 Å². The monoisotopic (exact) mass is 256 g/mol. The van der Waals surface area contributed by atoms with Gasteiger partial charge in [-0.3, -0.25) is 4.79 Å². The Hall–Kier alpha value is -2.30. The van der Waals surface area contributed by atoms with Gasteiger partial charge in [-0.2, -0.15) is 5.10 Å². The standard InChI is InChI=1S/C14H16N4O/c1-14(7-8-14)16-13(19)12-6-9-18(17-12)11-4-2-10(15)3-5-11/h2-6,9H,7-8,15H2,1H3,(H,16,19). The predicted molar refractivity (Wildman–Crippen MR) is 73.1 cm³/mol. The highest BCUT2D eigenvalue weighted by molar-refractivity contribution is 5.93. The number of rotatable bonds is 3. The van der Waals surface area contributed by atoms with Gasteiger partial charge in [0.25, 0.3) is 5.91 Å². The van der Waals surface area contributed by atoms with Gasteiger partial charge < -0.3 is 11.1 Å². The van der Waals surface area contributed by atoms with Crippen molar-refractivity contribution in [3.63, 3.8) is 0 Å². The average Bonchev–Trinajstić information content (AvgIpc) is 2.93. The van der Waals surface area contributed by atoms with Crippen molar-refractivity contribution in [2.24, 2.45) is 0 Å². The van der Waals surface area contributed by atoms with E-state index in [0.29, 0.717) is 11.4 Å². The molecule has 0 atom stereocenters. The molecule has 0 aliphatic heterocycles. The lowest BCUT2D eigenvalue weighted by atomic mass is 10.3. The van der Waals surface area contributed by atoms with Crippen LogP contribution < -0.4 is 11.1 Å². The smallest absolute Gasteiger partial charge is 0.272 e. The number of carbonyl (C=O) groups is 1. The Kier molecular flexibility index (Phi) is 2.55. The van der Waals surface area contributed by atoms with Crippen molar-refractivity contribution in [1.82, 2.24) is 15.1 Å². The van der Waals surface area contributed by atoms with Gasteiger partial charge in [0.2, 0.25) is 0 Å². The first-order chi connectivity index (χ1) is 9.06. The molecule has 1 saturated carbocycles. The fourth-order valence-corrected chi connectivity index (χ4v) is 1.87. The topological polar surface area (TPSA) is 72.9 Å². The number of carbonyl (C=O) groups excluding carboxylic acids is 1. The van der Waals surface area contributed by atoms with Crippen LogP contribution in [0.1, 0.15) is 30.3 Å². The van der Waals surface area contributed by atoms with Crippen molar-refractivity contribution in [3.05, 3.63) is 42.2 Å². The van der Waals surface area contributed by atoms with E-state index in [4.69, 9.17) is 5.73 Å². The molecule has 0 saturated heterocycles. The third kappa shape index (κ3) is 2.45. The third-order valence-corrected chi connectivity index (χ3v) is 3.39. The summed E-state index contributed by atoms with van der Waals surface area (Å²) in [6.07, 6.45) is 3.85. The summed E-state index contributed by atoms with van der Waals surface area (Å²) in [5.41, 5.74) is 7.63. The van der Waals surface area contributed by atoms with Crippen LogP contribution in [-0.2, 0) is 0 Å². The van der Waals surface area contributed by atoms with E-state index in [0.717, 1.165) is 18.5 Å². The average molecular weight is 256 g/mol. The van der Waals surface area contributed by atoms with Gasteiger partial charge in [-0.1, -0.05) is 0 Å². The van der Waals surface area contributed by atoms with Crippen molar-refractivity contribution >= 4 is 11.6 Å². The second-order valence-corrected chi connectivity index (χ2v) is 5.25. The van der Waals surface area contributed by atoms with Crippen LogP contribution in [0.3, 0.4) is 0 Å². The van der Waals surface area contributed by atoms with Crippen LogP contribution in [0.2, 0.25) is 0 Å². The zero-order valence-electron chi connectivity index (χ0n) is 10.8. The van der Waals surface area contributed by atoms with Gasteiger partial charge in [-0.05, 0) is 50.1 Å². The van der Waals surface area contributed by atoms with E-state index in [9.17, 15) is 4.79 Å². The molecular formula is C14H16N4O. The van der Waals surface area contributed by atoms with Gasteiger partial charge in [0.15, 0.2) is 5.69 Å². The van der Waals surface area contributed by atoms with E-state index in [1.165, 1.54) is 0 Å². The zero-order valence-corrected chi connectivity index (χ0v) is 10.8. The second kappa shape index (κ2) is 4.12. The van der Waals surface area contributed by atoms with Gasteiger partial charge in [0.05, 0.1) is 5.69 Å². The molecule has 1 aromatic carbocycles. The van der Waals surface area contributed by atoms with E-state index in [-0.39, 0.29) is 11.4 Å². The first-order valence-corrected chi connectivity index (χ1v) is 6.30. The first-order valence-electron chi connectivity index (χ1n) is 6.30. The van der Waals surface area contributed by atoms with Crippen LogP contribution >= 0.6 is 0 Å². The summed E-state index contributed by atoms with van der Waals surface area (Å²) in [6.45, 7) is 2.04. The molecule has 5 nitrogen and oxygen atoms in total. The molecule has 1 aliphatic carbocycles. The summed E-state index contributed by atoms with van der Waals surface area (Å²) in [7, 11) is 0. The highest BCUT2D eigenvalue weighted by Gasteiger charge is 2.39. The van der Waals surface area contributed by atoms with Gasteiger partial charge in [0.1, 0.15) is 0 Å². The highest BCUT2D eigenvalue weighted by Crippen LogP contribution is 2.34. The lowest BCUT2D eigenvalue weighted by Crippen LogP contribution is -2.34. The van der Waals surface area contributed by atoms with E-state index in [1.54, 1.807) is 16.9 Å². The molecule has 3 rings (SSSR count). The molecule has 0 bridgehead atoms. The van der Waals surface area contributed by atoms with E-state index < -0.39 is 0 Å². The summed E-state index contributed by atoms with van der Waals surface area (Å²) in [6, 6.07) is 9.07. The quantitative estimate of drug-likeness (QED) is 0.821. The number of hydrogen-bond donors (Lipinski definition) is 2. The number of hydrogen-bond acceptors (Lipinski definition) is 3. The molecule has 1 heterocycles. The Morgan fingerprint density at radius 1 is 1.32 bits per heavy atom. The minimum absolute atomic E-state index is 0.0257. The first kappa shape index (κ1) is 11.8. The number of benzene rings is 1. The van der Waals surface area contributed by atoms with Crippen LogP contribution in [-0.4, -0.2) is 21.2 Å². The molecule has 1 aromatic heterocycles. The lowest BCUT2D eigenvalue weighted by molar-refractivity contribution is 0.0930. The molecule has 2 aromatic rings. The van der Waals surface area contributed by atoms with Crippen LogP contribution in [0.5, 0.6) is 0 Å². The predicted octanol–water partition coefficient (Wildman–Crippen LogP) is 1.74. The molecule has 5 heteroatoms. The third-order valence-electron chi connectivity index (χ3n) is 3.39. The highest BCUT2D eigenvalue weighted by atomic mass is 16.2. The van der Waals surface area contributed by atoms with E-state index >= 15 is 0 Å². The Morgan fingerprint density at radius 2 is 2.00 bits per heavy atom. The number of nitrogens with two attached hydrogens (primary N) is 1. The van der Waals surface area contributed by atoms with E-state index in [1.807, 2.05) is 31.2 Å².